The highest BCUT2D eigenvalue weighted by molar-refractivity contribution is 6.46. The number of likely N-dealkylation sites (tertiary alicyclic amines) is 1. The number of hydrogen-bond acceptors (Lipinski definition) is 5. The molecule has 0 aliphatic carbocycles. The van der Waals surface area contributed by atoms with E-state index < -0.39 is 17.7 Å². The molecule has 3 rings (SSSR count). The third-order valence-corrected chi connectivity index (χ3v) is 5.32. The van der Waals surface area contributed by atoms with Gasteiger partial charge in [-0.05, 0) is 69.0 Å². The second-order valence-corrected chi connectivity index (χ2v) is 7.87. The summed E-state index contributed by atoms with van der Waals surface area (Å²) in [6, 6.07) is 13.0. The van der Waals surface area contributed by atoms with Crippen LogP contribution >= 0.6 is 11.6 Å². The lowest BCUT2D eigenvalue weighted by atomic mass is 9.95. The van der Waals surface area contributed by atoms with Gasteiger partial charge in [0.2, 0.25) is 0 Å². The molecule has 2 aromatic carbocycles. The number of carbonyl (C=O) groups is 2. The van der Waals surface area contributed by atoms with Crippen molar-refractivity contribution in [2.24, 2.45) is 0 Å². The lowest BCUT2D eigenvalue weighted by molar-refractivity contribution is -0.139. The van der Waals surface area contributed by atoms with E-state index in [1.807, 2.05) is 25.1 Å². The molecule has 0 unspecified atom stereocenters. The SMILES string of the molecule is COc1cccc([C@H]2C(=C(O)c3ccc(Cl)cc3)C(=O)C(=O)N2CCCN(C)C)c1. The van der Waals surface area contributed by atoms with Crippen LogP contribution in [0.2, 0.25) is 5.02 Å². The number of aliphatic hydroxyl groups excluding tert-OH is 1. The minimum absolute atomic E-state index is 0.0698. The summed E-state index contributed by atoms with van der Waals surface area (Å²) in [7, 11) is 5.46. The number of benzene rings is 2. The fourth-order valence-electron chi connectivity index (χ4n) is 3.59. The normalized spacial score (nSPS) is 18.3. The molecule has 30 heavy (non-hydrogen) atoms. The molecule has 1 fully saturated rings. The van der Waals surface area contributed by atoms with E-state index in [9.17, 15) is 14.7 Å². The van der Waals surface area contributed by atoms with Gasteiger partial charge in [0.05, 0.1) is 18.7 Å². The largest absolute Gasteiger partial charge is 0.507 e. The first-order valence-electron chi connectivity index (χ1n) is 9.66. The number of Topliss-reactive ketones (excluding diaryl/α,β-unsaturated/α-hetero) is 1. The molecule has 1 heterocycles. The molecular formula is C23H25ClN2O4. The molecule has 1 aliphatic rings. The lowest BCUT2D eigenvalue weighted by Gasteiger charge is -2.26. The van der Waals surface area contributed by atoms with Crippen LogP contribution in [0.1, 0.15) is 23.6 Å². The van der Waals surface area contributed by atoms with Crippen LogP contribution < -0.4 is 4.74 Å². The highest BCUT2D eigenvalue weighted by Gasteiger charge is 2.45. The molecule has 1 amide bonds. The van der Waals surface area contributed by atoms with Gasteiger partial charge in [0.1, 0.15) is 11.5 Å². The summed E-state index contributed by atoms with van der Waals surface area (Å²) in [5, 5.41) is 11.5. The number of ether oxygens (including phenoxy) is 1. The Labute approximate surface area is 181 Å². The smallest absolute Gasteiger partial charge is 0.295 e. The highest BCUT2D eigenvalue weighted by atomic mass is 35.5. The van der Waals surface area contributed by atoms with E-state index in [1.54, 1.807) is 49.6 Å². The molecule has 6 nitrogen and oxygen atoms in total. The first-order chi connectivity index (χ1) is 14.3. The number of nitrogens with zero attached hydrogens (tertiary/aromatic N) is 2. The summed E-state index contributed by atoms with van der Waals surface area (Å²) in [6.07, 6.45) is 0.696. The van der Waals surface area contributed by atoms with Crippen molar-refractivity contribution in [3.8, 4) is 5.75 Å². The van der Waals surface area contributed by atoms with Crippen molar-refractivity contribution < 1.29 is 19.4 Å². The number of amides is 1. The Balaban J connectivity index is 2.10. The standard InChI is InChI=1S/C23H25ClN2O4/c1-25(2)12-5-13-26-20(16-6-4-7-18(14-16)30-3)19(22(28)23(26)29)21(27)15-8-10-17(24)11-9-15/h4,6-11,14,20,27H,5,12-13H2,1-3H3/t20-/m0/s1. The van der Waals surface area contributed by atoms with Crippen molar-refractivity contribution in [1.29, 1.82) is 0 Å². The number of rotatable bonds is 7. The van der Waals surface area contributed by atoms with E-state index in [4.69, 9.17) is 16.3 Å². The molecule has 0 radical (unpaired) electrons. The molecule has 7 heteroatoms. The summed E-state index contributed by atoms with van der Waals surface area (Å²) in [6.45, 7) is 1.16. The Morgan fingerprint density at radius 1 is 1.17 bits per heavy atom. The van der Waals surface area contributed by atoms with Gasteiger partial charge in [0.15, 0.2) is 0 Å². The van der Waals surface area contributed by atoms with Crippen molar-refractivity contribution in [2.45, 2.75) is 12.5 Å². The van der Waals surface area contributed by atoms with E-state index in [1.165, 1.54) is 4.90 Å². The summed E-state index contributed by atoms with van der Waals surface area (Å²) in [5.74, 6) is -0.914. The van der Waals surface area contributed by atoms with Gasteiger partial charge in [0.25, 0.3) is 11.7 Å². The molecule has 1 aliphatic heterocycles. The van der Waals surface area contributed by atoms with Gasteiger partial charge in [-0.3, -0.25) is 9.59 Å². The third kappa shape index (κ3) is 4.50. The van der Waals surface area contributed by atoms with E-state index in [2.05, 4.69) is 0 Å². The fourth-order valence-corrected chi connectivity index (χ4v) is 3.72. The maximum atomic E-state index is 13.0. The zero-order valence-corrected chi connectivity index (χ0v) is 18.0. The van der Waals surface area contributed by atoms with Crippen molar-refractivity contribution in [1.82, 2.24) is 9.80 Å². The monoisotopic (exact) mass is 428 g/mol. The molecule has 0 spiro atoms. The minimum atomic E-state index is -0.696. The minimum Gasteiger partial charge on any atom is -0.507 e. The number of ketones is 1. The summed E-state index contributed by atoms with van der Waals surface area (Å²) in [4.78, 5) is 29.4. The Morgan fingerprint density at radius 3 is 2.50 bits per heavy atom. The van der Waals surface area contributed by atoms with E-state index in [0.29, 0.717) is 34.9 Å². The number of halogens is 1. The van der Waals surface area contributed by atoms with Crippen LogP contribution in [0.4, 0.5) is 0 Å². The summed E-state index contributed by atoms with van der Waals surface area (Å²) >= 11 is 5.95. The van der Waals surface area contributed by atoms with Crippen LogP contribution in [0.5, 0.6) is 5.75 Å². The fraction of sp³-hybridized carbons (Fsp3) is 0.304. The second-order valence-electron chi connectivity index (χ2n) is 7.43. The van der Waals surface area contributed by atoms with Gasteiger partial charge in [-0.15, -0.1) is 0 Å². The molecule has 0 saturated carbocycles. The van der Waals surface area contributed by atoms with Crippen molar-refractivity contribution in [3.63, 3.8) is 0 Å². The van der Waals surface area contributed by atoms with Gasteiger partial charge >= 0.3 is 0 Å². The molecule has 2 aromatic rings. The van der Waals surface area contributed by atoms with Crippen LogP contribution in [0.25, 0.3) is 5.76 Å². The molecule has 0 bridgehead atoms. The van der Waals surface area contributed by atoms with Crippen LogP contribution in [-0.2, 0) is 9.59 Å². The lowest BCUT2D eigenvalue weighted by Crippen LogP contribution is -2.32. The molecule has 0 aromatic heterocycles. The Bertz CT molecular complexity index is 969. The zero-order chi connectivity index (χ0) is 21.8. The van der Waals surface area contributed by atoms with E-state index >= 15 is 0 Å². The Morgan fingerprint density at radius 2 is 1.87 bits per heavy atom. The van der Waals surface area contributed by atoms with Gasteiger partial charge in [-0.25, -0.2) is 0 Å². The highest BCUT2D eigenvalue weighted by Crippen LogP contribution is 2.40. The maximum Gasteiger partial charge on any atom is 0.295 e. The average Bonchev–Trinajstić information content (AvgIpc) is 2.98. The van der Waals surface area contributed by atoms with E-state index in [-0.39, 0.29) is 11.3 Å². The first-order valence-corrected chi connectivity index (χ1v) is 10.0. The quantitative estimate of drug-likeness (QED) is 0.413. The number of carbonyl (C=O) groups excluding carboxylic acids is 2. The van der Waals surface area contributed by atoms with Gasteiger partial charge in [-0.2, -0.15) is 0 Å². The molecule has 1 atom stereocenters. The Kier molecular flexibility index (Phi) is 6.80. The van der Waals surface area contributed by atoms with Crippen LogP contribution in [0, 0.1) is 0 Å². The molecular weight excluding hydrogens is 404 g/mol. The topological polar surface area (TPSA) is 70.1 Å². The number of aliphatic hydroxyl groups is 1. The van der Waals surface area contributed by atoms with Crippen molar-refractivity contribution in [2.75, 3.05) is 34.3 Å². The molecule has 1 saturated heterocycles. The van der Waals surface area contributed by atoms with Crippen LogP contribution in [0.15, 0.2) is 54.1 Å². The van der Waals surface area contributed by atoms with Crippen LogP contribution in [0.3, 0.4) is 0 Å². The van der Waals surface area contributed by atoms with Crippen molar-refractivity contribution in [3.05, 3.63) is 70.3 Å². The summed E-state index contributed by atoms with van der Waals surface area (Å²) in [5.41, 5.74) is 1.20. The van der Waals surface area contributed by atoms with Crippen molar-refractivity contribution >= 4 is 29.1 Å². The predicted octanol–water partition coefficient (Wildman–Crippen LogP) is 3.72. The molecule has 158 valence electrons. The maximum absolute atomic E-state index is 13.0. The van der Waals surface area contributed by atoms with Gasteiger partial charge in [-0.1, -0.05) is 23.7 Å². The average molecular weight is 429 g/mol. The number of hydrogen-bond donors (Lipinski definition) is 1. The summed E-state index contributed by atoms with van der Waals surface area (Å²) < 4.78 is 5.32. The first kappa shape index (κ1) is 21.9. The van der Waals surface area contributed by atoms with E-state index in [0.717, 1.165) is 6.54 Å². The Hall–Kier alpha value is -2.83. The van der Waals surface area contributed by atoms with Crippen LogP contribution in [-0.4, -0.2) is 60.9 Å². The second kappa shape index (κ2) is 9.32. The third-order valence-electron chi connectivity index (χ3n) is 5.07. The van der Waals surface area contributed by atoms with Gasteiger partial charge in [0, 0.05) is 17.1 Å². The van der Waals surface area contributed by atoms with Gasteiger partial charge < -0.3 is 19.6 Å². The molecule has 1 N–H and O–H groups in total. The predicted molar refractivity (Wildman–Crippen MR) is 117 cm³/mol. The zero-order valence-electron chi connectivity index (χ0n) is 17.3. The number of methoxy groups -OCH3 is 1.